The predicted molar refractivity (Wildman–Crippen MR) is 80.6 cm³/mol. The molecular formula is C16H15BrF3N. The molecule has 0 aliphatic carbocycles. The number of nitrogens with one attached hydrogen (secondary N) is 1. The molecule has 0 aliphatic heterocycles. The molecule has 0 radical (unpaired) electrons. The van der Waals surface area contributed by atoms with Gasteiger partial charge in [0.1, 0.15) is 5.82 Å². The molecule has 1 N–H and O–H groups in total. The van der Waals surface area contributed by atoms with Crippen LogP contribution >= 0.6 is 15.9 Å². The van der Waals surface area contributed by atoms with Crippen LogP contribution in [0, 0.1) is 17.5 Å². The van der Waals surface area contributed by atoms with Gasteiger partial charge in [-0.1, -0.05) is 35.0 Å². The van der Waals surface area contributed by atoms with E-state index in [0.29, 0.717) is 12.1 Å². The van der Waals surface area contributed by atoms with Crippen molar-refractivity contribution < 1.29 is 13.2 Å². The van der Waals surface area contributed by atoms with Gasteiger partial charge in [-0.15, -0.1) is 0 Å². The molecule has 1 unspecified atom stereocenters. The van der Waals surface area contributed by atoms with Crippen molar-refractivity contribution in [3.05, 3.63) is 69.4 Å². The van der Waals surface area contributed by atoms with Crippen LogP contribution in [0.5, 0.6) is 0 Å². The van der Waals surface area contributed by atoms with Crippen LogP contribution in [0.2, 0.25) is 0 Å². The van der Waals surface area contributed by atoms with Crippen LogP contribution in [0.25, 0.3) is 0 Å². The zero-order valence-electron chi connectivity index (χ0n) is 11.5. The SMILES string of the molecule is CCNC(Cc1cccc(F)c1F)c1cc(Br)ccc1F. The van der Waals surface area contributed by atoms with E-state index in [4.69, 9.17) is 0 Å². The molecular weight excluding hydrogens is 343 g/mol. The Balaban J connectivity index is 2.35. The van der Waals surface area contributed by atoms with Crippen LogP contribution in [-0.4, -0.2) is 6.54 Å². The fourth-order valence-electron chi connectivity index (χ4n) is 2.25. The third-order valence-electron chi connectivity index (χ3n) is 3.24. The maximum Gasteiger partial charge on any atom is 0.162 e. The molecule has 1 atom stereocenters. The van der Waals surface area contributed by atoms with Gasteiger partial charge in [0.25, 0.3) is 0 Å². The minimum atomic E-state index is -0.891. The van der Waals surface area contributed by atoms with E-state index in [9.17, 15) is 13.2 Å². The number of hydrogen-bond donors (Lipinski definition) is 1. The second-order valence-corrected chi connectivity index (χ2v) is 5.61. The van der Waals surface area contributed by atoms with Crippen LogP contribution in [0.3, 0.4) is 0 Å². The first-order valence-electron chi connectivity index (χ1n) is 6.64. The Labute approximate surface area is 130 Å². The van der Waals surface area contributed by atoms with Gasteiger partial charge in [0.2, 0.25) is 0 Å². The zero-order valence-corrected chi connectivity index (χ0v) is 13.1. The second-order valence-electron chi connectivity index (χ2n) is 4.69. The standard InChI is InChI=1S/C16H15BrF3N/c1-2-21-15(12-9-11(17)6-7-13(12)18)8-10-4-3-5-14(19)16(10)20/h3-7,9,15,21H,2,8H2,1H3. The summed E-state index contributed by atoms with van der Waals surface area (Å²) >= 11 is 3.30. The lowest BCUT2D eigenvalue weighted by molar-refractivity contribution is 0.472. The summed E-state index contributed by atoms with van der Waals surface area (Å²) < 4.78 is 41.8. The van der Waals surface area contributed by atoms with Gasteiger partial charge in [0, 0.05) is 16.1 Å². The summed E-state index contributed by atoms with van der Waals surface area (Å²) in [4.78, 5) is 0. The Morgan fingerprint density at radius 2 is 1.86 bits per heavy atom. The van der Waals surface area contributed by atoms with Crippen LogP contribution in [-0.2, 0) is 6.42 Å². The minimum Gasteiger partial charge on any atom is -0.310 e. The quantitative estimate of drug-likeness (QED) is 0.813. The molecule has 2 aromatic rings. The van der Waals surface area contributed by atoms with Crippen LogP contribution in [0.1, 0.15) is 24.1 Å². The number of hydrogen-bond acceptors (Lipinski definition) is 1. The highest BCUT2D eigenvalue weighted by Gasteiger charge is 2.18. The molecule has 112 valence electrons. The predicted octanol–water partition coefficient (Wildman–Crippen LogP) is 4.76. The summed E-state index contributed by atoms with van der Waals surface area (Å²) in [6.45, 7) is 2.47. The maximum absolute atomic E-state index is 14.0. The van der Waals surface area contributed by atoms with Crippen molar-refractivity contribution in [2.75, 3.05) is 6.54 Å². The third-order valence-corrected chi connectivity index (χ3v) is 3.73. The Bertz CT molecular complexity index is 631. The first-order valence-corrected chi connectivity index (χ1v) is 7.43. The third kappa shape index (κ3) is 3.86. The van der Waals surface area contributed by atoms with Crippen molar-refractivity contribution in [2.45, 2.75) is 19.4 Å². The Morgan fingerprint density at radius 1 is 1.10 bits per heavy atom. The highest BCUT2D eigenvalue weighted by Crippen LogP contribution is 2.26. The smallest absolute Gasteiger partial charge is 0.162 e. The van der Waals surface area contributed by atoms with Gasteiger partial charge < -0.3 is 5.32 Å². The summed E-state index contributed by atoms with van der Waals surface area (Å²) in [7, 11) is 0. The molecule has 21 heavy (non-hydrogen) atoms. The van der Waals surface area contributed by atoms with Crippen LogP contribution in [0.15, 0.2) is 40.9 Å². The molecule has 0 aromatic heterocycles. The summed E-state index contributed by atoms with van der Waals surface area (Å²) in [6.07, 6.45) is 0.171. The van der Waals surface area contributed by atoms with Gasteiger partial charge in [-0.2, -0.15) is 0 Å². The largest absolute Gasteiger partial charge is 0.310 e. The maximum atomic E-state index is 14.0. The van der Waals surface area contributed by atoms with Gasteiger partial charge in [0.15, 0.2) is 11.6 Å². The molecule has 0 heterocycles. The topological polar surface area (TPSA) is 12.0 Å². The van der Waals surface area contributed by atoms with Crippen molar-refractivity contribution in [2.24, 2.45) is 0 Å². The summed E-state index contributed by atoms with van der Waals surface area (Å²) in [5.74, 6) is -2.14. The van der Waals surface area contributed by atoms with Gasteiger partial charge >= 0.3 is 0 Å². The van der Waals surface area contributed by atoms with Crippen LogP contribution in [0.4, 0.5) is 13.2 Å². The fraction of sp³-hybridized carbons (Fsp3) is 0.250. The van der Waals surface area contributed by atoms with Crippen molar-refractivity contribution in [1.82, 2.24) is 5.32 Å². The number of likely N-dealkylation sites (N-methyl/N-ethyl adjacent to an activating group) is 1. The molecule has 0 bridgehead atoms. The van der Waals surface area contributed by atoms with E-state index >= 15 is 0 Å². The Kier molecular flexibility index (Phi) is 5.42. The molecule has 0 saturated carbocycles. The zero-order chi connectivity index (χ0) is 15.4. The molecule has 0 fully saturated rings. The number of benzene rings is 2. The van der Waals surface area contributed by atoms with Crippen LogP contribution < -0.4 is 5.32 Å². The highest BCUT2D eigenvalue weighted by atomic mass is 79.9. The molecule has 0 saturated heterocycles. The average molecular weight is 358 g/mol. The molecule has 1 nitrogen and oxygen atoms in total. The summed E-state index contributed by atoms with van der Waals surface area (Å²) in [5.41, 5.74) is 0.648. The second kappa shape index (κ2) is 7.09. The van der Waals surface area contributed by atoms with E-state index < -0.39 is 17.7 Å². The fourth-order valence-corrected chi connectivity index (χ4v) is 2.62. The van der Waals surface area contributed by atoms with Gasteiger partial charge in [-0.3, -0.25) is 0 Å². The van der Waals surface area contributed by atoms with E-state index in [0.717, 1.165) is 10.5 Å². The Morgan fingerprint density at radius 3 is 2.57 bits per heavy atom. The first kappa shape index (κ1) is 16.0. The number of rotatable bonds is 5. The van der Waals surface area contributed by atoms with E-state index in [1.165, 1.54) is 18.2 Å². The lowest BCUT2D eigenvalue weighted by Crippen LogP contribution is -2.24. The van der Waals surface area contributed by atoms with Crippen molar-refractivity contribution in [3.63, 3.8) is 0 Å². The molecule has 5 heteroatoms. The van der Waals surface area contributed by atoms with Crippen molar-refractivity contribution in [3.8, 4) is 0 Å². The molecule has 2 rings (SSSR count). The normalized spacial score (nSPS) is 12.4. The average Bonchev–Trinajstić information content (AvgIpc) is 2.46. The lowest BCUT2D eigenvalue weighted by atomic mass is 9.98. The van der Waals surface area contributed by atoms with Gasteiger partial charge in [-0.05, 0) is 42.8 Å². The first-order chi connectivity index (χ1) is 10.0. The van der Waals surface area contributed by atoms with E-state index in [2.05, 4.69) is 21.2 Å². The monoisotopic (exact) mass is 357 g/mol. The van der Waals surface area contributed by atoms with E-state index in [-0.39, 0.29) is 17.8 Å². The van der Waals surface area contributed by atoms with Gasteiger partial charge in [-0.25, -0.2) is 13.2 Å². The Hall–Kier alpha value is -1.33. The summed E-state index contributed by atoms with van der Waals surface area (Å²) in [6, 6.07) is 8.22. The van der Waals surface area contributed by atoms with E-state index in [1.807, 2.05) is 6.92 Å². The minimum absolute atomic E-state index is 0.171. The van der Waals surface area contributed by atoms with Crippen molar-refractivity contribution in [1.29, 1.82) is 0 Å². The molecule has 0 spiro atoms. The summed E-state index contributed by atoms with van der Waals surface area (Å²) in [5, 5.41) is 3.11. The lowest BCUT2D eigenvalue weighted by Gasteiger charge is -2.20. The molecule has 0 aliphatic rings. The highest BCUT2D eigenvalue weighted by molar-refractivity contribution is 9.10. The van der Waals surface area contributed by atoms with Gasteiger partial charge in [0.05, 0.1) is 0 Å². The molecule has 0 amide bonds. The van der Waals surface area contributed by atoms with E-state index in [1.54, 1.807) is 12.1 Å². The van der Waals surface area contributed by atoms with Crippen molar-refractivity contribution >= 4 is 15.9 Å². The number of halogens is 4. The molecule has 2 aromatic carbocycles.